The van der Waals surface area contributed by atoms with Crippen molar-refractivity contribution in [2.24, 2.45) is 11.7 Å². The normalized spacial score (nSPS) is 14.0. The van der Waals surface area contributed by atoms with Gasteiger partial charge in [-0.3, -0.25) is 4.79 Å². The van der Waals surface area contributed by atoms with Crippen LogP contribution in [0.4, 0.5) is 4.79 Å². The number of carbonyl (C=O) groups excluding carboxylic acids is 2. The van der Waals surface area contributed by atoms with E-state index in [2.05, 4.69) is 20.9 Å². The Morgan fingerprint density at radius 1 is 1.61 bits per heavy atom. The molecule has 6 heteroatoms. The molecule has 0 aliphatic carbocycles. The quantitative estimate of drug-likeness (QED) is 0.666. The highest BCUT2D eigenvalue weighted by molar-refractivity contribution is 9.10. The second-order valence-electron chi connectivity index (χ2n) is 4.28. The lowest BCUT2D eigenvalue weighted by Gasteiger charge is -2.30. The van der Waals surface area contributed by atoms with Crippen molar-refractivity contribution in [3.63, 3.8) is 0 Å². The summed E-state index contributed by atoms with van der Waals surface area (Å²) >= 11 is 3.25. The van der Waals surface area contributed by atoms with Gasteiger partial charge >= 0.3 is 6.09 Å². The van der Waals surface area contributed by atoms with Crippen LogP contribution in [0.1, 0.15) is 19.5 Å². The van der Waals surface area contributed by atoms with Crippen molar-refractivity contribution >= 4 is 28.3 Å². The lowest BCUT2D eigenvalue weighted by molar-refractivity contribution is -0.128. The first-order valence-electron chi connectivity index (χ1n) is 5.46. The highest BCUT2D eigenvalue weighted by Crippen LogP contribution is 2.24. The molecule has 0 saturated heterocycles. The average molecular weight is 315 g/mol. The predicted molar refractivity (Wildman–Crippen MR) is 69.9 cm³/mol. The van der Waals surface area contributed by atoms with Crippen molar-refractivity contribution in [1.29, 1.82) is 0 Å². The number of halogens is 1. The van der Waals surface area contributed by atoms with Gasteiger partial charge in [-0.2, -0.15) is 0 Å². The largest absolute Gasteiger partial charge is 0.435 e. The summed E-state index contributed by atoms with van der Waals surface area (Å²) in [6, 6.07) is 5.33. The first kappa shape index (κ1) is 14.6. The summed E-state index contributed by atoms with van der Waals surface area (Å²) in [5.74, 6) is -0.205. The van der Waals surface area contributed by atoms with Crippen LogP contribution in [-0.2, 0) is 16.0 Å². The first-order chi connectivity index (χ1) is 8.39. The molecular formula is C12H15BrN2O3. The molecule has 1 unspecified atom stereocenters. The molecule has 0 aliphatic rings. The molecule has 5 nitrogen and oxygen atoms in total. The van der Waals surface area contributed by atoms with Crippen molar-refractivity contribution < 1.29 is 14.3 Å². The molecule has 0 radical (unpaired) electrons. The molecule has 1 atom stereocenters. The van der Waals surface area contributed by atoms with Gasteiger partial charge in [-0.15, -0.1) is 0 Å². The molecule has 98 valence electrons. The lowest BCUT2D eigenvalue weighted by atomic mass is 9.87. The van der Waals surface area contributed by atoms with Crippen molar-refractivity contribution in [2.75, 3.05) is 0 Å². The number of primary amides is 1. The van der Waals surface area contributed by atoms with E-state index in [1.165, 1.54) is 0 Å². The van der Waals surface area contributed by atoms with Gasteiger partial charge in [0.15, 0.2) is 11.9 Å². The number of carbonyl (C=O) groups is 2. The van der Waals surface area contributed by atoms with E-state index in [-0.39, 0.29) is 12.3 Å². The van der Waals surface area contributed by atoms with Crippen LogP contribution in [0.3, 0.4) is 0 Å². The standard InChI is InChI=1S/C12H15BrN2O3/c1-8(2)12(7-16,18-11(14)17)6-9-4-3-5-10(13)15-9/h3-5,7-8H,6H2,1-2H3,(H2,14,17). The van der Waals surface area contributed by atoms with Gasteiger partial charge in [0, 0.05) is 18.0 Å². The number of aldehydes is 1. The molecule has 0 fully saturated rings. The van der Waals surface area contributed by atoms with Crippen LogP contribution >= 0.6 is 15.9 Å². The number of hydrogen-bond acceptors (Lipinski definition) is 4. The molecule has 2 N–H and O–H groups in total. The molecule has 18 heavy (non-hydrogen) atoms. The SMILES string of the molecule is CC(C)C(C=O)(Cc1cccc(Br)n1)OC(N)=O. The van der Waals surface area contributed by atoms with E-state index in [9.17, 15) is 9.59 Å². The molecule has 1 amide bonds. The van der Waals surface area contributed by atoms with Crippen LogP contribution < -0.4 is 5.73 Å². The summed E-state index contributed by atoms with van der Waals surface area (Å²) in [6.07, 6.45) is -0.160. The van der Waals surface area contributed by atoms with Gasteiger partial charge in [-0.1, -0.05) is 19.9 Å². The average Bonchev–Trinajstić information content (AvgIpc) is 2.27. The minimum atomic E-state index is -1.28. The van der Waals surface area contributed by atoms with Crippen LogP contribution in [-0.4, -0.2) is 23.0 Å². The Hall–Kier alpha value is -1.43. The van der Waals surface area contributed by atoms with E-state index >= 15 is 0 Å². The Bertz CT molecular complexity index is 451. The predicted octanol–water partition coefficient (Wildman–Crippen LogP) is 2.08. The Balaban J connectivity index is 3.04. The minimum absolute atomic E-state index is 0.191. The monoisotopic (exact) mass is 314 g/mol. The van der Waals surface area contributed by atoms with Crippen LogP contribution in [0, 0.1) is 5.92 Å². The summed E-state index contributed by atoms with van der Waals surface area (Å²) in [6.45, 7) is 3.57. The van der Waals surface area contributed by atoms with E-state index in [1.807, 2.05) is 0 Å². The topological polar surface area (TPSA) is 82.3 Å². The summed E-state index contributed by atoms with van der Waals surface area (Å²) in [5.41, 5.74) is 4.39. The third-order valence-electron chi connectivity index (χ3n) is 2.70. The Morgan fingerprint density at radius 3 is 2.72 bits per heavy atom. The van der Waals surface area contributed by atoms with Gasteiger partial charge in [-0.05, 0) is 28.1 Å². The molecule has 0 saturated carbocycles. The summed E-state index contributed by atoms with van der Waals surface area (Å²) in [7, 11) is 0. The molecule has 0 spiro atoms. The van der Waals surface area contributed by atoms with E-state index < -0.39 is 11.7 Å². The fraction of sp³-hybridized carbons (Fsp3) is 0.417. The van der Waals surface area contributed by atoms with Crippen LogP contribution in [0.2, 0.25) is 0 Å². The third kappa shape index (κ3) is 3.53. The van der Waals surface area contributed by atoms with E-state index in [1.54, 1.807) is 32.0 Å². The van der Waals surface area contributed by atoms with Gasteiger partial charge < -0.3 is 10.5 Å². The minimum Gasteiger partial charge on any atom is -0.435 e. The number of pyridine rings is 1. The van der Waals surface area contributed by atoms with Gasteiger partial charge in [0.25, 0.3) is 0 Å². The number of aromatic nitrogens is 1. The van der Waals surface area contributed by atoms with Crippen LogP contribution in [0.5, 0.6) is 0 Å². The number of ether oxygens (including phenoxy) is 1. The van der Waals surface area contributed by atoms with E-state index in [4.69, 9.17) is 10.5 Å². The molecule has 1 aromatic heterocycles. The van der Waals surface area contributed by atoms with Gasteiger partial charge in [-0.25, -0.2) is 9.78 Å². The molecule has 0 aliphatic heterocycles. The van der Waals surface area contributed by atoms with Crippen molar-refractivity contribution in [3.8, 4) is 0 Å². The second kappa shape index (κ2) is 5.95. The second-order valence-corrected chi connectivity index (χ2v) is 5.09. The summed E-state index contributed by atoms with van der Waals surface area (Å²) < 4.78 is 5.66. The Morgan fingerprint density at radius 2 is 2.28 bits per heavy atom. The number of nitrogens with zero attached hydrogens (tertiary/aromatic N) is 1. The molecule has 0 bridgehead atoms. The molecule has 1 rings (SSSR count). The number of nitrogens with two attached hydrogens (primary N) is 1. The zero-order valence-corrected chi connectivity index (χ0v) is 11.8. The fourth-order valence-corrected chi connectivity index (χ4v) is 1.96. The smallest absolute Gasteiger partial charge is 0.405 e. The maximum Gasteiger partial charge on any atom is 0.405 e. The zero-order chi connectivity index (χ0) is 13.8. The molecule has 1 aromatic rings. The summed E-state index contributed by atoms with van der Waals surface area (Å²) in [4.78, 5) is 26.5. The highest BCUT2D eigenvalue weighted by atomic mass is 79.9. The molecule has 1 heterocycles. The summed E-state index contributed by atoms with van der Waals surface area (Å²) in [5, 5.41) is 0. The number of rotatable bonds is 5. The Kier molecular flexibility index (Phi) is 4.84. The number of amides is 1. The molecule has 0 aromatic carbocycles. The molecular weight excluding hydrogens is 300 g/mol. The fourth-order valence-electron chi connectivity index (χ4n) is 1.58. The highest BCUT2D eigenvalue weighted by Gasteiger charge is 2.38. The van der Waals surface area contributed by atoms with Crippen molar-refractivity contribution in [2.45, 2.75) is 25.9 Å². The third-order valence-corrected chi connectivity index (χ3v) is 3.14. The zero-order valence-electron chi connectivity index (χ0n) is 10.2. The first-order valence-corrected chi connectivity index (χ1v) is 6.25. The maximum absolute atomic E-state index is 11.3. The Labute approximate surface area is 114 Å². The lowest BCUT2D eigenvalue weighted by Crippen LogP contribution is -2.45. The number of hydrogen-bond donors (Lipinski definition) is 1. The van der Waals surface area contributed by atoms with Gasteiger partial charge in [0.2, 0.25) is 0 Å². The van der Waals surface area contributed by atoms with Crippen molar-refractivity contribution in [1.82, 2.24) is 4.98 Å². The van der Waals surface area contributed by atoms with E-state index in [0.29, 0.717) is 16.6 Å². The van der Waals surface area contributed by atoms with Crippen LogP contribution in [0.15, 0.2) is 22.8 Å². The van der Waals surface area contributed by atoms with Gasteiger partial charge in [0.1, 0.15) is 4.60 Å². The van der Waals surface area contributed by atoms with E-state index in [0.717, 1.165) is 0 Å². The van der Waals surface area contributed by atoms with Crippen molar-refractivity contribution in [3.05, 3.63) is 28.5 Å². The maximum atomic E-state index is 11.3. The van der Waals surface area contributed by atoms with Gasteiger partial charge in [0.05, 0.1) is 0 Å². The van der Waals surface area contributed by atoms with Crippen LogP contribution in [0.25, 0.3) is 0 Å².